The molecule has 1 aromatic carbocycles. The Labute approximate surface area is 104 Å². The minimum atomic E-state index is -4.31. The zero-order chi connectivity index (χ0) is 13.4. The van der Waals surface area contributed by atoms with Gasteiger partial charge in [-0.15, -0.1) is 0 Å². The molecule has 0 bridgehead atoms. The van der Waals surface area contributed by atoms with Gasteiger partial charge in [0.1, 0.15) is 0 Å². The first-order chi connectivity index (χ1) is 8.28. The van der Waals surface area contributed by atoms with E-state index in [1.165, 1.54) is 6.07 Å². The first-order valence-corrected chi connectivity index (χ1v) is 5.84. The number of rotatable bonds is 1. The molecule has 0 amide bonds. The molecule has 1 saturated heterocycles. The number of hydrogen-bond donors (Lipinski definition) is 1. The van der Waals surface area contributed by atoms with Crippen LogP contribution in [0.2, 0.25) is 0 Å². The van der Waals surface area contributed by atoms with Gasteiger partial charge >= 0.3 is 6.18 Å². The van der Waals surface area contributed by atoms with Crippen LogP contribution in [0, 0.1) is 0 Å². The average molecular weight is 259 g/mol. The molecule has 1 aliphatic rings. The molecule has 1 unspecified atom stereocenters. The molecule has 5 heteroatoms. The number of benzene rings is 1. The molecular weight excluding hydrogens is 243 g/mol. The highest BCUT2D eigenvalue weighted by Crippen LogP contribution is 2.33. The monoisotopic (exact) mass is 259 g/mol. The molecule has 18 heavy (non-hydrogen) atoms. The summed E-state index contributed by atoms with van der Waals surface area (Å²) in [6.07, 6.45) is -4.65. The van der Waals surface area contributed by atoms with Crippen LogP contribution in [0.15, 0.2) is 24.3 Å². The molecule has 2 rings (SSSR count). The van der Waals surface area contributed by atoms with Gasteiger partial charge in [0, 0.05) is 13.1 Å². The number of nitrogens with one attached hydrogen (secondary N) is 1. The highest BCUT2D eigenvalue weighted by atomic mass is 19.4. The fraction of sp³-hybridized carbons (Fsp3) is 0.538. The van der Waals surface area contributed by atoms with Crippen LogP contribution in [0.1, 0.15) is 31.1 Å². The van der Waals surface area contributed by atoms with E-state index < -0.39 is 11.7 Å². The van der Waals surface area contributed by atoms with Crippen LogP contribution in [-0.4, -0.2) is 18.7 Å². The Hall–Kier alpha value is -1.07. The fourth-order valence-electron chi connectivity index (χ4n) is 2.07. The third-order valence-corrected chi connectivity index (χ3v) is 2.93. The van der Waals surface area contributed by atoms with E-state index in [2.05, 4.69) is 5.32 Å². The summed E-state index contributed by atoms with van der Waals surface area (Å²) in [5.41, 5.74) is -0.436. The van der Waals surface area contributed by atoms with E-state index in [-0.39, 0.29) is 11.7 Å². The zero-order valence-electron chi connectivity index (χ0n) is 10.3. The molecule has 2 nitrogen and oxygen atoms in total. The van der Waals surface area contributed by atoms with E-state index >= 15 is 0 Å². The number of hydrogen-bond acceptors (Lipinski definition) is 2. The molecule has 0 saturated carbocycles. The van der Waals surface area contributed by atoms with Gasteiger partial charge in [0.2, 0.25) is 0 Å². The standard InChI is InChI=1S/C13H16F3NO/c1-12(2)8-17-7-11(18-12)9-4-3-5-10(6-9)13(14,15)16/h3-6,11,17H,7-8H2,1-2H3. The Morgan fingerprint density at radius 1 is 1.33 bits per heavy atom. The van der Waals surface area contributed by atoms with Gasteiger partial charge in [0.05, 0.1) is 17.3 Å². The first kappa shape index (κ1) is 13.4. The Bertz CT molecular complexity index is 428. The van der Waals surface area contributed by atoms with E-state index in [4.69, 9.17) is 4.74 Å². The quantitative estimate of drug-likeness (QED) is 0.836. The van der Waals surface area contributed by atoms with Crippen molar-refractivity contribution in [1.29, 1.82) is 0 Å². The number of alkyl halides is 3. The minimum Gasteiger partial charge on any atom is -0.365 e. The van der Waals surface area contributed by atoms with Crippen LogP contribution in [0.5, 0.6) is 0 Å². The van der Waals surface area contributed by atoms with E-state index in [0.717, 1.165) is 12.1 Å². The maximum absolute atomic E-state index is 12.6. The molecule has 1 fully saturated rings. The van der Waals surface area contributed by atoms with Crippen molar-refractivity contribution in [3.05, 3.63) is 35.4 Å². The van der Waals surface area contributed by atoms with Gasteiger partial charge in [-0.05, 0) is 31.5 Å². The van der Waals surface area contributed by atoms with Gasteiger partial charge in [-0.3, -0.25) is 0 Å². The summed E-state index contributed by atoms with van der Waals surface area (Å²) < 4.78 is 43.7. The Morgan fingerprint density at radius 2 is 2.06 bits per heavy atom. The highest BCUT2D eigenvalue weighted by molar-refractivity contribution is 5.28. The molecular formula is C13H16F3NO. The Balaban J connectivity index is 2.23. The summed E-state index contributed by atoms with van der Waals surface area (Å²) >= 11 is 0. The largest absolute Gasteiger partial charge is 0.416 e. The van der Waals surface area contributed by atoms with Gasteiger partial charge in [-0.1, -0.05) is 12.1 Å². The van der Waals surface area contributed by atoms with E-state index in [0.29, 0.717) is 18.7 Å². The predicted octanol–water partition coefficient (Wildman–Crippen LogP) is 3.14. The normalized spacial score (nSPS) is 23.9. The van der Waals surface area contributed by atoms with E-state index in [1.54, 1.807) is 6.07 Å². The summed E-state index contributed by atoms with van der Waals surface area (Å²) in [5, 5.41) is 3.18. The molecule has 1 atom stereocenters. The van der Waals surface area contributed by atoms with Crippen molar-refractivity contribution in [3.63, 3.8) is 0 Å². The summed E-state index contributed by atoms with van der Waals surface area (Å²) in [7, 11) is 0. The van der Waals surface area contributed by atoms with Gasteiger partial charge in [-0.25, -0.2) is 0 Å². The van der Waals surface area contributed by atoms with Gasteiger partial charge in [0.15, 0.2) is 0 Å². The lowest BCUT2D eigenvalue weighted by atomic mass is 10.0. The SMILES string of the molecule is CC1(C)CNCC(c2cccc(C(F)(F)F)c2)O1. The second kappa shape index (κ2) is 4.55. The van der Waals surface area contributed by atoms with Crippen LogP contribution >= 0.6 is 0 Å². The van der Waals surface area contributed by atoms with Gasteiger partial charge in [0.25, 0.3) is 0 Å². The highest BCUT2D eigenvalue weighted by Gasteiger charge is 2.33. The molecule has 0 aromatic heterocycles. The first-order valence-electron chi connectivity index (χ1n) is 5.84. The average Bonchev–Trinajstić information content (AvgIpc) is 2.27. The molecule has 1 heterocycles. The van der Waals surface area contributed by atoms with E-state index in [9.17, 15) is 13.2 Å². The van der Waals surface area contributed by atoms with E-state index in [1.807, 2.05) is 13.8 Å². The van der Waals surface area contributed by atoms with Crippen molar-refractivity contribution in [2.24, 2.45) is 0 Å². The third kappa shape index (κ3) is 3.03. The predicted molar refractivity (Wildman–Crippen MR) is 62.2 cm³/mol. The minimum absolute atomic E-state index is 0.337. The number of morpholine rings is 1. The summed E-state index contributed by atoms with van der Waals surface area (Å²) in [6.45, 7) is 5.06. The number of halogens is 3. The Morgan fingerprint density at radius 3 is 2.67 bits per heavy atom. The van der Waals surface area contributed by atoms with Gasteiger partial charge < -0.3 is 10.1 Å². The van der Waals surface area contributed by atoms with Crippen molar-refractivity contribution in [2.45, 2.75) is 31.7 Å². The van der Waals surface area contributed by atoms with Gasteiger partial charge in [-0.2, -0.15) is 13.2 Å². The number of ether oxygens (including phenoxy) is 1. The molecule has 0 radical (unpaired) electrons. The molecule has 0 spiro atoms. The maximum Gasteiger partial charge on any atom is 0.416 e. The van der Waals surface area contributed by atoms with Crippen molar-refractivity contribution >= 4 is 0 Å². The maximum atomic E-state index is 12.6. The topological polar surface area (TPSA) is 21.3 Å². The molecule has 1 aromatic rings. The molecule has 100 valence electrons. The summed E-state index contributed by atoms with van der Waals surface area (Å²) in [5.74, 6) is 0. The second-order valence-electron chi connectivity index (χ2n) is 5.12. The molecule has 0 aliphatic carbocycles. The lowest BCUT2D eigenvalue weighted by Crippen LogP contribution is -2.46. The van der Waals surface area contributed by atoms with Crippen LogP contribution in [0.3, 0.4) is 0 Å². The van der Waals surface area contributed by atoms with Crippen molar-refractivity contribution in [3.8, 4) is 0 Å². The lowest BCUT2D eigenvalue weighted by molar-refractivity contribution is -0.137. The van der Waals surface area contributed by atoms with Crippen molar-refractivity contribution < 1.29 is 17.9 Å². The van der Waals surface area contributed by atoms with Crippen LogP contribution in [0.4, 0.5) is 13.2 Å². The summed E-state index contributed by atoms with van der Waals surface area (Å²) in [4.78, 5) is 0. The fourth-order valence-corrected chi connectivity index (χ4v) is 2.07. The van der Waals surface area contributed by atoms with Crippen LogP contribution in [0.25, 0.3) is 0 Å². The molecule has 1 aliphatic heterocycles. The lowest BCUT2D eigenvalue weighted by Gasteiger charge is -2.37. The smallest absolute Gasteiger partial charge is 0.365 e. The third-order valence-electron chi connectivity index (χ3n) is 2.93. The van der Waals surface area contributed by atoms with Crippen LogP contribution in [-0.2, 0) is 10.9 Å². The summed E-state index contributed by atoms with van der Waals surface area (Å²) in [6, 6.07) is 5.32. The Kier molecular flexibility index (Phi) is 3.38. The van der Waals surface area contributed by atoms with Crippen LogP contribution < -0.4 is 5.32 Å². The second-order valence-corrected chi connectivity index (χ2v) is 5.12. The van der Waals surface area contributed by atoms with Crippen molar-refractivity contribution in [2.75, 3.05) is 13.1 Å². The molecule has 1 N–H and O–H groups in total. The van der Waals surface area contributed by atoms with Crippen molar-refractivity contribution in [1.82, 2.24) is 5.32 Å². The zero-order valence-corrected chi connectivity index (χ0v) is 10.3.